The maximum atomic E-state index is 12.7. The first-order valence-corrected chi connectivity index (χ1v) is 3.68. The van der Waals surface area contributed by atoms with E-state index in [0.29, 0.717) is 6.07 Å². The summed E-state index contributed by atoms with van der Waals surface area (Å²) in [7, 11) is 0. The normalized spacial score (nSPS) is 9.50. The molecule has 0 radical (unpaired) electrons. The van der Waals surface area contributed by atoms with Gasteiger partial charge in [-0.2, -0.15) is 5.26 Å². The standard InChI is InChI=1S/C7H2F3NS/c8-4-1-2-5(9)7(6(4)10)12-3-11/h1-2H. The Hall–Kier alpha value is -1.15. The van der Waals surface area contributed by atoms with Crippen molar-refractivity contribution in [3.8, 4) is 5.40 Å². The summed E-state index contributed by atoms with van der Waals surface area (Å²) in [5.41, 5.74) is 0. The molecule has 0 aromatic heterocycles. The van der Waals surface area contributed by atoms with Crippen LogP contribution in [0.1, 0.15) is 0 Å². The zero-order valence-corrected chi connectivity index (χ0v) is 6.46. The number of rotatable bonds is 1. The Morgan fingerprint density at radius 3 is 2.33 bits per heavy atom. The molecule has 0 heterocycles. The van der Waals surface area contributed by atoms with Gasteiger partial charge in [0, 0.05) is 0 Å². The summed E-state index contributed by atoms with van der Waals surface area (Å²) in [5.74, 6) is -3.41. The molecular weight excluding hydrogens is 187 g/mol. The third kappa shape index (κ3) is 1.53. The Morgan fingerprint density at radius 1 is 1.17 bits per heavy atom. The molecule has 0 aliphatic rings. The largest absolute Gasteiger partial charge is 0.206 e. The molecule has 0 saturated heterocycles. The summed E-state index contributed by atoms with van der Waals surface area (Å²) in [5, 5.41) is 9.58. The van der Waals surface area contributed by atoms with Crippen LogP contribution in [0, 0.1) is 28.1 Å². The van der Waals surface area contributed by atoms with Crippen LogP contribution in [0.15, 0.2) is 17.0 Å². The Kier molecular flexibility index (Phi) is 2.61. The molecule has 0 N–H and O–H groups in total. The quantitative estimate of drug-likeness (QED) is 0.385. The lowest BCUT2D eigenvalue weighted by atomic mass is 10.3. The molecule has 62 valence electrons. The molecule has 12 heavy (non-hydrogen) atoms. The van der Waals surface area contributed by atoms with E-state index in [2.05, 4.69) is 0 Å². The number of nitrogens with zero attached hydrogens (tertiary/aromatic N) is 1. The Bertz CT molecular complexity index is 345. The maximum absolute atomic E-state index is 12.7. The monoisotopic (exact) mass is 189 g/mol. The van der Waals surface area contributed by atoms with E-state index in [9.17, 15) is 13.2 Å². The summed E-state index contributed by atoms with van der Waals surface area (Å²) in [6, 6.07) is 1.45. The van der Waals surface area contributed by atoms with E-state index in [4.69, 9.17) is 5.26 Å². The highest BCUT2D eigenvalue weighted by Crippen LogP contribution is 2.25. The first-order chi connectivity index (χ1) is 5.66. The minimum Gasteiger partial charge on any atom is -0.206 e. The van der Waals surface area contributed by atoms with Gasteiger partial charge < -0.3 is 0 Å². The van der Waals surface area contributed by atoms with Crippen molar-refractivity contribution in [1.29, 1.82) is 5.26 Å². The van der Waals surface area contributed by atoms with Crippen molar-refractivity contribution in [2.45, 2.75) is 4.90 Å². The fourth-order valence-electron chi connectivity index (χ4n) is 0.648. The number of thiocyanates is 1. The van der Waals surface area contributed by atoms with Gasteiger partial charge in [-0.3, -0.25) is 0 Å². The van der Waals surface area contributed by atoms with E-state index in [1.807, 2.05) is 0 Å². The molecule has 0 aliphatic heterocycles. The lowest BCUT2D eigenvalue weighted by Gasteiger charge is -1.98. The Morgan fingerprint density at radius 2 is 1.75 bits per heavy atom. The van der Waals surface area contributed by atoms with Gasteiger partial charge in [-0.05, 0) is 23.9 Å². The zero-order valence-electron chi connectivity index (χ0n) is 5.64. The minimum atomic E-state index is -1.32. The van der Waals surface area contributed by atoms with Crippen molar-refractivity contribution >= 4 is 11.8 Å². The van der Waals surface area contributed by atoms with Crippen LogP contribution in [-0.2, 0) is 0 Å². The van der Waals surface area contributed by atoms with Gasteiger partial charge in [0.15, 0.2) is 11.6 Å². The van der Waals surface area contributed by atoms with Crippen LogP contribution in [0.25, 0.3) is 0 Å². The number of hydrogen-bond acceptors (Lipinski definition) is 2. The minimum absolute atomic E-state index is 0.258. The van der Waals surface area contributed by atoms with Crippen molar-refractivity contribution in [1.82, 2.24) is 0 Å². The highest BCUT2D eigenvalue weighted by Gasteiger charge is 2.13. The first kappa shape index (κ1) is 8.94. The van der Waals surface area contributed by atoms with Gasteiger partial charge in [0.1, 0.15) is 11.2 Å². The highest BCUT2D eigenvalue weighted by atomic mass is 32.2. The lowest BCUT2D eigenvalue weighted by Crippen LogP contribution is -1.90. The van der Waals surface area contributed by atoms with Crippen LogP contribution in [0.5, 0.6) is 0 Å². The number of halogens is 3. The molecule has 0 amide bonds. The highest BCUT2D eigenvalue weighted by molar-refractivity contribution is 8.03. The number of nitriles is 1. The molecule has 1 nitrogen and oxygen atoms in total. The van der Waals surface area contributed by atoms with Gasteiger partial charge >= 0.3 is 0 Å². The molecule has 0 saturated carbocycles. The molecule has 0 atom stereocenters. The van der Waals surface area contributed by atoms with Crippen LogP contribution in [0.2, 0.25) is 0 Å². The summed E-state index contributed by atoms with van der Waals surface area (Å²) < 4.78 is 37.7. The van der Waals surface area contributed by atoms with E-state index >= 15 is 0 Å². The number of thioether (sulfide) groups is 1. The van der Waals surface area contributed by atoms with E-state index in [1.54, 1.807) is 0 Å². The van der Waals surface area contributed by atoms with Gasteiger partial charge in [0.2, 0.25) is 0 Å². The third-order valence-corrected chi connectivity index (χ3v) is 1.82. The Labute approximate surface area is 70.8 Å². The fourth-order valence-corrected chi connectivity index (χ4v) is 1.09. The summed E-state index contributed by atoms with van der Waals surface area (Å²) in [6.07, 6.45) is 0. The van der Waals surface area contributed by atoms with E-state index in [0.717, 1.165) is 6.07 Å². The van der Waals surface area contributed by atoms with Gasteiger partial charge in [-0.25, -0.2) is 13.2 Å². The summed E-state index contributed by atoms with van der Waals surface area (Å²) >= 11 is 0.258. The predicted octanol–water partition coefficient (Wildman–Crippen LogP) is 2.68. The predicted molar refractivity (Wildman–Crippen MR) is 37.8 cm³/mol. The van der Waals surface area contributed by atoms with Crippen molar-refractivity contribution in [2.24, 2.45) is 0 Å². The second-order valence-corrected chi connectivity index (χ2v) is 2.66. The maximum Gasteiger partial charge on any atom is 0.176 e. The van der Waals surface area contributed by atoms with E-state index < -0.39 is 22.3 Å². The smallest absolute Gasteiger partial charge is 0.176 e. The Balaban J connectivity index is 3.25. The molecule has 0 spiro atoms. The molecule has 0 aliphatic carbocycles. The third-order valence-electron chi connectivity index (χ3n) is 1.15. The van der Waals surface area contributed by atoms with Crippen molar-refractivity contribution in [3.05, 3.63) is 29.6 Å². The molecule has 1 rings (SSSR count). The van der Waals surface area contributed by atoms with Crippen molar-refractivity contribution in [3.63, 3.8) is 0 Å². The van der Waals surface area contributed by atoms with E-state index in [-0.39, 0.29) is 11.8 Å². The van der Waals surface area contributed by atoms with Crippen LogP contribution < -0.4 is 0 Å². The second-order valence-electron chi connectivity index (χ2n) is 1.87. The van der Waals surface area contributed by atoms with Gasteiger partial charge in [-0.15, -0.1) is 0 Å². The summed E-state index contributed by atoms with van der Waals surface area (Å²) in [4.78, 5) is -0.600. The second kappa shape index (κ2) is 3.50. The van der Waals surface area contributed by atoms with Gasteiger partial charge in [-0.1, -0.05) is 0 Å². The fraction of sp³-hybridized carbons (Fsp3) is 0. The molecule has 1 aromatic carbocycles. The van der Waals surface area contributed by atoms with Crippen LogP contribution in [-0.4, -0.2) is 0 Å². The molecule has 0 unspecified atom stereocenters. The van der Waals surface area contributed by atoms with Crippen LogP contribution >= 0.6 is 11.8 Å². The number of benzene rings is 1. The SMILES string of the molecule is N#CSc1c(F)ccc(F)c1F. The van der Waals surface area contributed by atoms with E-state index in [1.165, 1.54) is 5.40 Å². The average Bonchev–Trinajstić information content (AvgIpc) is 2.06. The van der Waals surface area contributed by atoms with Crippen LogP contribution in [0.3, 0.4) is 0 Å². The molecule has 0 bridgehead atoms. The van der Waals surface area contributed by atoms with Gasteiger partial charge in [0.05, 0.1) is 4.90 Å². The molecule has 0 fully saturated rings. The zero-order chi connectivity index (χ0) is 9.14. The van der Waals surface area contributed by atoms with Crippen LogP contribution in [0.4, 0.5) is 13.2 Å². The molecule has 5 heteroatoms. The molecule has 1 aromatic rings. The number of hydrogen-bond donors (Lipinski definition) is 0. The van der Waals surface area contributed by atoms with Gasteiger partial charge in [0.25, 0.3) is 0 Å². The lowest BCUT2D eigenvalue weighted by molar-refractivity contribution is 0.467. The first-order valence-electron chi connectivity index (χ1n) is 2.86. The topological polar surface area (TPSA) is 23.8 Å². The average molecular weight is 189 g/mol. The summed E-state index contributed by atoms with van der Waals surface area (Å²) in [6.45, 7) is 0. The van der Waals surface area contributed by atoms with Crippen molar-refractivity contribution < 1.29 is 13.2 Å². The molecular formula is C7H2F3NS. The van der Waals surface area contributed by atoms with Crippen molar-refractivity contribution in [2.75, 3.05) is 0 Å².